The standard InChI is InChI=1S/C13H13N3O3/c1-15(12(17)5-6-14)8-9-3-4-11-10(7-9)16(2)13(18)19-11/h3-4,7H,5,8H2,1-2H3. The number of carbonyl (C=O) groups is 1. The van der Waals surface area contributed by atoms with E-state index in [1.54, 1.807) is 32.3 Å². The Morgan fingerprint density at radius 1 is 1.53 bits per heavy atom. The molecule has 0 aliphatic rings. The van der Waals surface area contributed by atoms with E-state index in [1.807, 2.05) is 6.07 Å². The summed E-state index contributed by atoms with van der Waals surface area (Å²) in [6, 6.07) is 7.12. The fraction of sp³-hybridized carbons (Fsp3) is 0.308. The molecule has 19 heavy (non-hydrogen) atoms. The molecule has 1 heterocycles. The van der Waals surface area contributed by atoms with Gasteiger partial charge in [-0.15, -0.1) is 0 Å². The van der Waals surface area contributed by atoms with Gasteiger partial charge in [0.15, 0.2) is 5.58 Å². The van der Waals surface area contributed by atoms with Gasteiger partial charge in [0.05, 0.1) is 11.6 Å². The molecule has 6 heteroatoms. The Bertz CT molecular complexity index is 721. The van der Waals surface area contributed by atoms with Crippen molar-refractivity contribution in [3.63, 3.8) is 0 Å². The second kappa shape index (κ2) is 4.98. The van der Waals surface area contributed by atoms with Crippen molar-refractivity contribution in [1.29, 1.82) is 5.26 Å². The van der Waals surface area contributed by atoms with Gasteiger partial charge >= 0.3 is 5.76 Å². The molecule has 0 unspecified atom stereocenters. The molecule has 1 aromatic heterocycles. The van der Waals surface area contributed by atoms with Crippen LogP contribution in [0.3, 0.4) is 0 Å². The van der Waals surface area contributed by atoms with Gasteiger partial charge in [0, 0.05) is 20.6 Å². The minimum atomic E-state index is -0.416. The quantitative estimate of drug-likeness (QED) is 0.823. The Hall–Kier alpha value is -2.55. The number of aryl methyl sites for hydroxylation is 1. The molecule has 98 valence electrons. The van der Waals surface area contributed by atoms with Crippen LogP contribution >= 0.6 is 0 Å². The molecule has 0 N–H and O–H groups in total. The van der Waals surface area contributed by atoms with Crippen molar-refractivity contribution in [3.8, 4) is 6.07 Å². The third kappa shape index (κ3) is 2.50. The van der Waals surface area contributed by atoms with Crippen molar-refractivity contribution < 1.29 is 9.21 Å². The predicted molar refractivity (Wildman–Crippen MR) is 68.2 cm³/mol. The van der Waals surface area contributed by atoms with Crippen LogP contribution in [0.5, 0.6) is 0 Å². The molecule has 0 fully saturated rings. The van der Waals surface area contributed by atoms with Crippen LogP contribution in [0.4, 0.5) is 0 Å². The number of hydrogen-bond donors (Lipinski definition) is 0. The lowest BCUT2D eigenvalue weighted by Crippen LogP contribution is -2.25. The van der Waals surface area contributed by atoms with Crippen LogP contribution in [0.15, 0.2) is 27.4 Å². The van der Waals surface area contributed by atoms with Crippen molar-refractivity contribution in [2.45, 2.75) is 13.0 Å². The number of benzene rings is 1. The third-order valence-electron chi connectivity index (χ3n) is 2.93. The average molecular weight is 259 g/mol. The van der Waals surface area contributed by atoms with Crippen molar-refractivity contribution in [1.82, 2.24) is 9.47 Å². The first kappa shape index (κ1) is 12.9. The molecule has 6 nitrogen and oxygen atoms in total. The molecule has 2 rings (SSSR count). The first-order chi connectivity index (χ1) is 9.02. The van der Waals surface area contributed by atoms with E-state index in [9.17, 15) is 9.59 Å². The molecule has 0 radical (unpaired) electrons. The van der Waals surface area contributed by atoms with Gasteiger partial charge in [0.2, 0.25) is 5.91 Å². The van der Waals surface area contributed by atoms with Gasteiger partial charge < -0.3 is 9.32 Å². The lowest BCUT2D eigenvalue weighted by Gasteiger charge is -2.15. The summed E-state index contributed by atoms with van der Waals surface area (Å²) < 4.78 is 6.44. The van der Waals surface area contributed by atoms with Crippen molar-refractivity contribution in [2.75, 3.05) is 7.05 Å². The molecule has 0 atom stereocenters. The number of oxazole rings is 1. The Morgan fingerprint density at radius 3 is 2.95 bits per heavy atom. The zero-order chi connectivity index (χ0) is 14.0. The monoisotopic (exact) mass is 259 g/mol. The van der Waals surface area contributed by atoms with Gasteiger partial charge in [0.1, 0.15) is 6.42 Å². The number of nitriles is 1. The highest BCUT2D eigenvalue weighted by Gasteiger charge is 2.11. The molecule has 1 aromatic carbocycles. The van der Waals surface area contributed by atoms with Crippen molar-refractivity contribution in [3.05, 3.63) is 34.3 Å². The van der Waals surface area contributed by atoms with Gasteiger partial charge in [-0.2, -0.15) is 5.26 Å². The maximum absolute atomic E-state index is 11.5. The highest BCUT2D eigenvalue weighted by Crippen LogP contribution is 2.15. The summed E-state index contributed by atoms with van der Waals surface area (Å²) >= 11 is 0. The normalized spacial score (nSPS) is 10.4. The van der Waals surface area contributed by atoms with Crippen LogP contribution in [-0.2, 0) is 18.4 Å². The lowest BCUT2D eigenvalue weighted by atomic mass is 10.2. The number of hydrogen-bond acceptors (Lipinski definition) is 4. The summed E-state index contributed by atoms with van der Waals surface area (Å²) in [4.78, 5) is 24.3. The second-order valence-electron chi connectivity index (χ2n) is 4.31. The topological polar surface area (TPSA) is 79.2 Å². The maximum Gasteiger partial charge on any atom is 0.419 e. The van der Waals surface area contributed by atoms with Crippen molar-refractivity contribution >= 4 is 17.0 Å². The predicted octanol–water partition coefficient (Wildman–Crippen LogP) is 1.00. The lowest BCUT2D eigenvalue weighted by molar-refractivity contribution is -0.129. The highest BCUT2D eigenvalue weighted by molar-refractivity contribution is 5.78. The SMILES string of the molecule is CN(Cc1ccc2oc(=O)n(C)c2c1)C(=O)CC#N. The maximum atomic E-state index is 11.5. The molecule has 0 aliphatic heterocycles. The summed E-state index contributed by atoms with van der Waals surface area (Å²) in [6.45, 7) is 0.385. The molecule has 0 bridgehead atoms. The fourth-order valence-corrected chi connectivity index (χ4v) is 1.84. The van der Waals surface area contributed by atoms with E-state index >= 15 is 0 Å². The zero-order valence-electron chi connectivity index (χ0n) is 10.7. The Kier molecular flexibility index (Phi) is 3.38. The Balaban J connectivity index is 2.27. The number of amides is 1. The van der Waals surface area contributed by atoms with Crippen LogP contribution in [0.25, 0.3) is 11.1 Å². The molecular formula is C13H13N3O3. The molecule has 2 aromatic rings. The van der Waals surface area contributed by atoms with E-state index in [0.717, 1.165) is 5.56 Å². The first-order valence-electron chi connectivity index (χ1n) is 5.72. The molecule has 0 saturated carbocycles. The summed E-state index contributed by atoms with van der Waals surface area (Å²) in [7, 11) is 3.26. The van der Waals surface area contributed by atoms with Gasteiger partial charge in [-0.25, -0.2) is 4.79 Å². The van der Waals surface area contributed by atoms with Crippen LogP contribution < -0.4 is 5.76 Å². The fourth-order valence-electron chi connectivity index (χ4n) is 1.84. The Labute approximate surface area is 109 Å². The summed E-state index contributed by atoms with van der Waals surface area (Å²) in [5, 5.41) is 8.48. The minimum absolute atomic E-state index is 0.136. The van der Waals surface area contributed by atoms with Gasteiger partial charge in [-0.1, -0.05) is 6.07 Å². The van der Waals surface area contributed by atoms with E-state index in [-0.39, 0.29) is 12.3 Å². The molecule has 0 saturated heterocycles. The van der Waals surface area contributed by atoms with Crippen LogP contribution in [0.2, 0.25) is 0 Å². The van der Waals surface area contributed by atoms with E-state index in [1.165, 1.54) is 9.47 Å². The van der Waals surface area contributed by atoms with E-state index < -0.39 is 5.76 Å². The molecule has 1 amide bonds. The zero-order valence-corrected chi connectivity index (χ0v) is 10.7. The number of rotatable bonds is 3. The van der Waals surface area contributed by atoms with E-state index in [4.69, 9.17) is 9.68 Å². The molecule has 0 spiro atoms. The highest BCUT2D eigenvalue weighted by atomic mass is 16.4. The molecule has 0 aliphatic carbocycles. The number of aromatic nitrogens is 1. The number of nitrogens with zero attached hydrogens (tertiary/aromatic N) is 3. The van der Waals surface area contributed by atoms with Crippen LogP contribution in [0, 0.1) is 11.3 Å². The van der Waals surface area contributed by atoms with Gasteiger partial charge in [-0.3, -0.25) is 9.36 Å². The van der Waals surface area contributed by atoms with Crippen LogP contribution in [0.1, 0.15) is 12.0 Å². The van der Waals surface area contributed by atoms with Crippen molar-refractivity contribution in [2.24, 2.45) is 7.05 Å². The average Bonchev–Trinajstić information content (AvgIpc) is 2.66. The number of fused-ring (bicyclic) bond motifs is 1. The smallest absolute Gasteiger partial charge is 0.408 e. The largest absolute Gasteiger partial charge is 0.419 e. The number of carbonyl (C=O) groups excluding carboxylic acids is 1. The third-order valence-corrected chi connectivity index (χ3v) is 2.93. The molecular weight excluding hydrogens is 246 g/mol. The van der Waals surface area contributed by atoms with Gasteiger partial charge in [0.25, 0.3) is 0 Å². The minimum Gasteiger partial charge on any atom is -0.408 e. The summed E-state index contributed by atoms with van der Waals surface area (Å²) in [5.74, 6) is -0.648. The first-order valence-corrected chi connectivity index (χ1v) is 5.72. The summed E-state index contributed by atoms with van der Waals surface area (Å²) in [6.07, 6.45) is -0.136. The van der Waals surface area contributed by atoms with Crippen LogP contribution in [-0.4, -0.2) is 22.4 Å². The second-order valence-corrected chi connectivity index (χ2v) is 4.31. The van der Waals surface area contributed by atoms with E-state index in [2.05, 4.69) is 0 Å². The Morgan fingerprint density at radius 2 is 2.26 bits per heavy atom. The van der Waals surface area contributed by atoms with Gasteiger partial charge in [-0.05, 0) is 17.7 Å². The summed E-state index contributed by atoms with van der Waals surface area (Å²) in [5.41, 5.74) is 2.07. The van der Waals surface area contributed by atoms with E-state index in [0.29, 0.717) is 17.6 Å².